The molecule has 2 rings (SSSR count). The van der Waals surface area contributed by atoms with Gasteiger partial charge in [-0.3, -0.25) is 0 Å². The van der Waals surface area contributed by atoms with Gasteiger partial charge in [0.2, 0.25) is 0 Å². The fourth-order valence-corrected chi connectivity index (χ4v) is 1.85. The Balaban J connectivity index is 2.01. The lowest BCUT2D eigenvalue weighted by Gasteiger charge is -2.22. The predicted molar refractivity (Wildman–Crippen MR) is 55.1 cm³/mol. The van der Waals surface area contributed by atoms with Crippen molar-refractivity contribution in [3.63, 3.8) is 0 Å². The molecule has 4 heteroatoms. The third kappa shape index (κ3) is 1.85. The Labute approximate surface area is 84.0 Å². The highest BCUT2D eigenvalue weighted by Crippen LogP contribution is 2.12. The molecule has 0 saturated carbocycles. The van der Waals surface area contributed by atoms with Crippen molar-refractivity contribution in [3.8, 4) is 0 Å². The molecule has 1 atom stereocenters. The Morgan fingerprint density at radius 2 is 2.57 bits per heavy atom. The van der Waals surface area contributed by atoms with Gasteiger partial charge in [0.15, 0.2) is 0 Å². The molecule has 1 N–H and O–H groups in total. The van der Waals surface area contributed by atoms with Gasteiger partial charge < -0.3 is 5.32 Å². The van der Waals surface area contributed by atoms with Crippen LogP contribution in [0.4, 0.5) is 0 Å². The van der Waals surface area contributed by atoms with Gasteiger partial charge in [-0.15, -0.1) is 6.58 Å². The Morgan fingerprint density at radius 3 is 3.36 bits per heavy atom. The summed E-state index contributed by atoms with van der Waals surface area (Å²) < 4.78 is 2.01. The van der Waals surface area contributed by atoms with Crippen molar-refractivity contribution in [2.75, 3.05) is 6.54 Å². The first kappa shape index (κ1) is 9.40. The highest BCUT2D eigenvalue weighted by atomic mass is 15.4. The second-order valence-corrected chi connectivity index (χ2v) is 3.69. The van der Waals surface area contributed by atoms with Gasteiger partial charge in [0.1, 0.15) is 11.6 Å². The number of fused-ring (bicyclic) bond motifs is 1. The van der Waals surface area contributed by atoms with Crippen LogP contribution < -0.4 is 5.32 Å². The van der Waals surface area contributed by atoms with E-state index in [9.17, 15) is 0 Å². The van der Waals surface area contributed by atoms with Crippen molar-refractivity contribution in [2.24, 2.45) is 0 Å². The number of aromatic nitrogens is 3. The van der Waals surface area contributed by atoms with Crippen LogP contribution in [0.5, 0.6) is 0 Å². The molecule has 76 valence electrons. The summed E-state index contributed by atoms with van der Waals surface area (Å²) >= 11 is 0. The van der Waals surface area contributed by atoms with Crippen LogP contribution in [0.15, 0.2) is 12.7 Å². The molecule has 0 radical (unpaired) electrons. The Hall–Kier alpha value is -1.16. The molecule has 0 fully saturated rings. The average Bonchev–Trinajstić information content (AvgIpc) is 2.54. The minimum absolute atomic E-state index is 0.515. The molecule has 0 bridgehead atoms. The maximum Gasteiger partial charge on any atom is 0.147 e. The molecular formula is C10H16N4. The lowest BCUT2D eigenvalue weighted by molar-refractivity contribution is 0.369. The fraction of sp³-hybridized carbons (Fsp3) is 0.600. The van der Waals surface area contributed by atoms with Crippen LogP contribution in [-0.2, 0) is 13.0 Å². The van der Waals surface area contributed by atoms with Gasteiger partial charge in [0, 0.05) is 19.0 Å². The largest absolute Gasteiger partial charge is 0.309 e. The van der Waals surface area contributed by atoms with Crippen LogP contribution in [0.3, 0.4) is 0 Å². The number of nitrogens with zero attached hydrogens (tertiary/aromatic N) is 3. The summed E-state index contributed by atoms with van der Waals surface area (Å²) in [7, 11) is 0. The molecule has 14 heavy (non-hydrogen) atoms. The van der Waals surface area contributed by atoms with Crippen LogP contribution in [0.2, 0.25) is 0 Å². The molecule has 1 aliphatic rings. The molecule has 0 saturated heterocycles. The van der Waals surface area contributed by atoms with Gasteiger partial charge >= 0.3 is 0 Å². The van der Waals surface area contributed by atoms with Gasteiger partial charge in [-0.25, -0.2) is 9.67 Å². The highest BCUT2D eigenvalue weighted by molar-refractivity contribution is 4.97. The molecule has 1 unspecified atom stereocenters. The Kier molecular flexibility index (Phi) is 2.63. The van der Waals surface area contributed by atoms with E-state index in [-0.39, 0.29) is 0 Å². The van der Waals surface area contributed by atoms with Crippen LogP contribution in [0.1, 0.15) is 18.1 Å². The molecule has 1 aromatic heterocycles. The zero-order valence-corrected chi connectivity index (χ0v) is 8.53. The first-order valence-corrected chi connectivity index (χ1v) is 5.04. The van der Waals surface area contributed by atoms with E-state index in [4.69, 9.17) is 0 Å². The van der Waals surface area contributed by atoms with Crippen molar-refractivity contribution < 1.29 is 0 Å². The minimum Gasteiger partial charge on any atom is -0.309 e. The Morgan fingerprint density at radius 1 is 1.71 bits per heavy atom. The van der Waals surface area contributed by atoms with Crippen LogP contribution >= 0.6 is 0 Å². The maximum absolute atomic E-state index is 4.37. The third-order valence-corrected chi connectivity index (χ3v) is 2.51. The number of hydrogen-bond donors (Lipinski definition) is 1. The van der Waals surface area contributed by atoms with Crippen LogP contribution in [0, 0.1) is 6.92 Å². The number of hydrogen-bond acceptors (Lipinski definition) is 3. The van der Waals surface area contributed by atoms with E-state index in [2.05, 4.69) is 22.0 Å². The monoisotopic (exact) mass is 192 g/mol. The molecule has 0 aromatic carbocycles. The summed E-state index contributed by atoms with van der Waals surface area (Å²) in [5, 5.41) is 7.76. The number of aryl methyl sites for hydroxylation is 2. The molecule has 2 heterocycles. The van der Waals surface area contributed by atoms with E-state index >= 15 is 0 Å². The highest BCUT2D eigenvalue weighted by Gasteiger charge is 2.19. The third-order valence-electron chi connectivity index (χ3n) is 2.51. The van der Waals surface area contributed by atoms with Gasteiger partial charge in [-0.1, -0.05) is 6.08 Å². The lowest BCUT2D eigenvalue weighted by atomic mass is 10.1. The molecule has 0 spiro atoms. The second-order valence-electron chi connectivity index (χ2n) is 3.69. The molecule has 0 amide bonds. The first-order chi connectivity index (χ1) is 6.79. The summed E-state index contributed by atoms with van der Waals surface area (Å²) in [6.45, 7) is 7.44. The summed E-state index contributed by atoms with van der Waals surface area (Å²) in [5.41, 5.74) is 0. The standard InChI is InChI=1S/C10H16N4/c1-3-6-11-9-4-5-10-12-8(2)13-14(10)7-9/h3,9,11H,1,4-7H2,2H3. The quantitative estimate of drug-likeness (QED) is 0.716. The summed E-state index contributed by atoms with van der Waals surface area (Å²) in [6, 6.07) is 0.515. The topological polar surface area (TPSA) is 42.7 Å². The number of rotatable bonds is 3. The van der Waals surface area contributed by atoms with Crippen molar-refractivity contribution >= 4 is 0 Å². The summed E-state index contributed by atoms with van der Waals surface area (Å²) in [6.07, 6.45) is 4.06. The molecule has 0 aliphatic carbocycles. The normalized spacial score (nSPS) is 20.5. The summed E-state index contributed by atoms with van der Waals surface area (Å²) in [4.78, 5) is 4.37. The SMILES string of the molecule is C=CCNC1CCc2nc(C)nn2C1. The zero-order valence-electron chi connectivity index (χ0n) is 8.53. The van der Waals surface area contributed by atoms with Crippen molar-refractivity contribution in [2.45, 2.75) is 32.4 Å². The molecule has 1 aromatic rings. The molecule has 4 nitrogen and oxygen atoms in total. The zero-order chi connectivity index (χ0) is 9.97. The van der Waals surface area contributed by atoms with E-state index in [1.165, 1.54) is 0 Å². The minimum atomic E-state index is 0.515. The van der Waals surface area contributed by atoms with E-state index in [1.807, 2.05) is 17.7 Å². The van der Waals surface area contributed by atoms with Crippen molar-refractivity contribution in [3.05, 3.63) is 24.3 Å². The van der Waals surface area contributed by atoms with Gasteiger partial charge in [-0.2, -0.15) is 5.10 Å². The smallest absolute Gasteiger partial charge is 0.147 e. The van der Waals surface area contributed by atoms with Gasteiger partial charge in [-0.05, 0) is 13.3 Å². The van der Waals surface area contributed by atoms with E-state index in [1.54, 1.807) is 0 Å². The van der Waals surface area contributed by atoms with E-state index in [0.717, 1.165) is 37.6 Å². The summed E-state index contributed by atoms with van der Waals surface area (Å²) in [5.74, 6) is 2.00. The van der Waals surface area contributed by atoms with Crippen LogP contribution in [0.25, 0.3) is 0 Å². The average molecular weight is 192 g/mol. The fourth-order valence-electron chi connectivity index (χ4n) is 1.85. The van der Waals surface area contributed by atoms with E-state index < -0.39 is 0 Å². The van der Waals surface area contributed by atoms with Crippen LogP contribution in [-0.4, -0.2) is 27.4 Å². The lowest BCUT2D eigenvalue weighted by Crippen LogP contribution is -2.37. The van der Waals surface area contributed by atoms with Crippen molar-refractivity contribution in [1.29, 1.82) is 0 Å². The maximum atomic E-state index is 4.37. The Bertz CT molecular complexity index is 329. The molecule has 1 aliphatic heterocycles. The van der Waals surface area contributed by atoms with Gasteiger partial charge in [0.25, 0.3) is 0 Å². The molecular weight excluding hydrogens is 176 g/mol. The first-order valence-electron chi connectivity index (χ1n) is 5.04. The van der Waals surface area contributed by atoms with Gasteiger partial charge in [0.05, 0.1) is 6.54 Å². The van der Waals surface area contributed by atoms with Crippen molar-refractivity contribution in [1.82, 2.24) is 20.1 Å². The number of nitrogens with one attached hydrogen (secondary N) is 1. The predicted octanol–water partition coefficient (Wildman–Crippen LogP) is 0.677. The van der Waals surface area contributed by atoms with E-state index in [0.29, 0.717) is 6.04 Å². The second kappa shape index (κ2) is 3.92.